The van der Waals surface area contributed by atoms with Gasteiger partial charge in [-0.1, -0.05) is 12.1 Å². The Morgan fingerprint density at radius 2 is 2.17 bits per heavy atom. The second kappa shape index (κ2) is 9.37. The molecule has 4 nitrogen and oxygen atoms in total. The number of hydrogen-bond acceptors (Lipinski definition) is 5. The van der Waals surface area contributed by atoms with Crippen molar-refractivity contribution in [3.63, 3.8) is 0 Å². The van der Waals surface area contributed by atoms with Gasteiger partial charge in [-0.05, 0) is 41.4 Å². The van der Waals surface area contributed by atoms with Gasteiger partial charge in [0.25, 0.3) is 5.91 Å². The van der Waals surface area contributed by atoms with Gasteiger partial charge in [0.2, 0.25) is 0 Å². The molecule has 1 aromatic heterocycles. The highest BCUT2D eigenvalue weighted by atomic mass is 32.2. The Morgan fingerprint density at radius 3 is 2.91 bits per heavy atom. The lowest BCUT2D eigenvalue weighted by molar-refractivity contribution is -0.122. The Kier molecular flexibility index (Phi) is 7.16. The van der Waals surface area contributed by atoms with Crippen molar-refractivity contribution in [3.8, 4) is 5.75 Å². The number of carbonyl (C=O) groups is 2. The van der Waals surface area contributed by atoms with Crippen LogP contribution in [0.4, 0.5) is 0 Å². The summed E-state index contributed by atoms with van der Waals surface area (Å²) >= 11 is 3.48. The van der Waals surface area contributed by atoms with E-state index in [4.69, 9.17) is 4.74 Å². The van der Waals surface area contributed by atoms with Crippen LogP contribution >= 0.6 is 23.1 Å². The molecular weight excluding hydrogens is 330 g/mol. The minimum absolute atomic E-state index is 0.0254. The number of rotatable bonds is 9. The summed E-state index contributed by atoms with van der Waals surface area (Å²) in [4.78, 5) is 23.0. The normalized spacial score (nSPS) is 10.3. The average molecular weight is 349 g/mol. The monoisotopic (exact) mass is 349 g/mol. The van der Waals surface area contributed by atoms with Crippen LogP contribution in [0.5, 0.6) is 5.75 Å². The summed E-state index contributed by atoms with van der Waals surface area (Å²) in [5.41, 5.74) is 1.90. The van der Waals surface area contributed by atoms with E-state index in [9.17, 15) is 9.59 Å². The van der Waals surface area contributed by atoms with Gasteiger partial charge in [-0.3, -0.25) is 9.59 Å². The molecule has 0 saturated heterocycles. The van der Waals surface area contributed by atoms with Gasteiger partial charge in [0, 0.05) is 23.6 Å². The number of hydrogen-bond donors (Lipinski definition) is 1. The van der Waals surface area contributed by atoms with Crippen molar-refractivity contribution in [2.45, 2.75) is 12.7 Å². The summed E-state index contributed by atoms with van der Waals surface area (Å²) in [6.07, 6.45) is 0. The number of amides is 1. The summed E-state index contributed by atoms with van der Waals surface area (Å²) in [6, 6.07) is 8.95. The molecule has 0 unspecified atom stereocenters. The van der Waals surface area contributed by atoms with E-state index in [0.29, 0.717) is 17.9 Å². The van der Waals surface area contributed by atoms with Crippen molar-refractivity contribution in [2.75, 3.05) is 18.9 Å². The zero-order valence-electron chi connectivity index (χ0n) is 12.9. The summed E-state index contributed by atoms with van der Waals surface area (Å²) in [5.74, 6) is 2.17. The van der Waals surface area contributed by atoms with Crippen molar-refractivity contribution in [1.82, 2.24) is 5.32 Å². The molecule has 0 aliphatic rings. The zero-order valence-corrected chi connectivity index (χ0v) is 14.5. The number of ether oxygens (including phenoxy) is 1. The third-order valence-electron chi connectivity index (χ3n) is 3.03. The molecule has 2 aromatic rings. The van der Waals surface area contributed by atoms with Gasteiger partial charge in [-0.25, -0.2) is 0 Å². The first-order chi connectivity index (χ1) is 11.1. The van der Waals surface area contributed by atoms with Gasteiger partial charge >= 0.3 is 0 Å². The van der Waals surface area contributed by atoms with Gasteiger partial charge in [-0.2, -0.15) is 23.1 Å². The third kappa shape index (κ3) is 6.46. The first-order valence-corrected chi connectivity index (χ1v) is 9.34. The van der Waals surface area contributed by atoms with Crippen LogP contribution in [0.3, 0.4) is 0 Å². The number of Topliss-reactive ketones (excluding diaryl/α,β-unsaturated/α-hetero) is 1. The Balaban J connectivity index is 1.61. The lowest BCUT2D eigenvalue weighted by Crippen LogP contribution is -2.30. The number of ketones is 1. The largest absolute Gasteiger partial charge is 0.484 e. The van der Waals surface area contributed by atoms with Crippen LogP contribution in [0, 0.1) is 0 Å². The second-order valence-corrected chi connectivity index (χ2v) is 6.79. The molecule has 2 rings (SSSR count). The summed E-state index contributed by atoms with van der Waals surface area (Å²) in [5, 5.41) is 7.02. The molecule has 23 heavy (non-hydrogen) atoms. The fourth-order valence-electron chi connectivity index (χ4n) is 1.83. The number of benzene rings is 1. The SMILES string of the molecule is CC(=O)c1cccc(OCC(=O)NCCSCc2ccsc2)c1. The van der Waals surface area contributed by atoms with Gasteiger partial charge in [0.15, 0.2) is 12.4 Å². The first kappa shape index (κ1) is 17.6. The predicted molar refractivity (Wildman–Crippen MR) is 95.4 cm³/mol. The Hall–Kier alpha value is -1.79. The molecule has 0 bridgehead atoms. The van der Waals surface area contributed by atoms with Crippen LogP contribution in [0.15, 0.2) is 41.1 Å². The fourth-order valence-corrected chi connectivity index (χ4v) is 3.41. The molecule has 1 amide bonds. The van der Waals surface area contributed by atoms with Crippen LogP contribution < -0.4 is 10.1 Å². The van der Waals surface area contributed by atoms with E-state index in [1.165, 1.54) is 12.5 Å². The summed E-state index contributed by atoms with van der Waals surface area (Å²) in [6.45, 7) is 2.07. The summed E-state index contributed by atoms with van der Waals surface area (Å²) < 4.78 is 5.40. The van der Waals surface area contributed by atoms with Gasteiger partial charge < -0.3 is 10.1 Å². The minimum atomic E-state index is -0.158. The zero-order chi connectivity index (χ0) is 16.5. The highest BCUT2D eigenvalue weighted by Gasteiger charge is 2.05. The Morgan fingerprint density at radius 1 is 1.30 bits per heavy atom. The van der Waals surface area contributed by atoms with E-state index in [2.05, 4.69) is 22.1 Å². The first-order valence-electron chi connectivity index (χ1n) is 7.24. The molecule has 122 valence electrons. The minimum Gasteiger partial charge on any atom is -0.484 e. The van der Waals surface area contributed by atoms with Gasteiger partial charge in [0.1, 0.15) is 5.75 Å². The molecule has 6 heteroatoms. The molecule has 0 radical (unpaired) electrons. The molecule has 0 aliphatic carbocycles. The third-order valence-corrected chi connectivity index (χ3v) is 4.79. The molecule has 1 heterocycles. The van der Waals surface area contributed by atoms with E-state index in [1.54, 1.807) is 47.4 Å². The van der Waals surface area contributed by atoms with E-state index in [-0.39, 0.29) is 18.3 Å². The van der Waals surface area contributed by atoms with Crippen LogP contribution in [0.25, 0.3) is 0 Å². The highest BCUT2D eigenvalue weighted by molar-refractivity contribution is 7.98. The van der Waals surface area contributed by atoms with Crippen LogP contribution in [-0.2, 0) is 10.5 Å². The van der Waals surface area contributed by atoms with E-state index in [0.717, 1.165) is 11.5 Å². The van der Waals surface area contributed by atoms with Crippen LogP contribution in [0.1, 0.15) is 22.8 Å². The van der Waals surface area contributed by atoms with Crippen molar-refractivity contribution >= 4 is 34.8 Å². The maximum atomic E-state index is 11.7. The topological polar surface area (TPSA) is 55.4 Å². The van der Waals surface area contributed by atoms with Crippen LogP contribution in [-0.4, -0.2) is 30.6 Å². The molecule has 0 aliphatic heterocycles. The number of nitrogens with one attached hydrogen (secondary N) is 1. The maximum absolute atomic E-state index is 11.7. The van der Waals surface area contributed by atoms with Crippen molar-refractivity contribution < 1.29 is 14.3 Å². The molecule has 1 aromatic carbocycles. The van der Waals surface area contributed by atoms with Crippen molar-refractivity contribution in [1.29, 1.82) is 0 Å². The quantitative estimate of drug-likeness (QED) is 0.557. The smallest absolute Gasteiger partial charge is 0.257 e. The van der Waals surface area contributed by atoms with Crippen molar-refractivity contribution in [2.24, 2.45) is 0 Å². The molecule has 1 N–H and O–H groups in total. The molecule has 0 fully saturated rings. The molecule has 0 atom stereocenters. The van der Waals surface area contributed by atoms with E-state index >= 15 is 0 Å². The van der Waals surface area contributed by atoms with Crippen molar-refractivity contribution in [3.05, 3.63) is 52.2 Å². The number of carbonyl (C=O) groups excluding carboxylic acids is 2. The van der Waals surface area contributed by atoms with E-state index in [1.807, 2.05) is 0 Å². The summed E-state index contributed by atoms with van der Waals surface area (Å²) in [7, 11) is 0. The standard InChI is InChI=1S/C17H19NO3S2/c1-13(19)15-3-2-4-16(9-15)21-10-17(20)18-6-8-23-12-14-5-7-22-11-14/h2-5,7,9,11H,6,8,10,12H2,1H3,(H,18,20). The predicted octanol–water partition coefficient (Wildman–Crippen LogP) is 3.38. The molecule has 0 saturated carbocycles. The second-order valence-electron chi connectivity index (χ2n) is 4.91. The molecular formula is C17H19NO3S2. The van der Waals surface area contributed by atoms with E-state index < -0.39 is 0 Å². The Labute approximate surface area is 144 Å². The number of thioether (sulfide) groups is 1. The number of thiophene rings is 1. The van der Waals surface area contributed by atoms with Crippen LogP contribution in [0.2, 0.25) is 0 Å². The lowest BCUT2D eigenvalue weighted by Gasteiger charge is -2.08. The average Bonchev–Trinajstić information content (AvgIpc) is 3.06. The highest BCUT2D eigenvalue weighted by Crippen LogP contribution is 2.15. The maximum Gasteiger partial charge on any atom is 0.257 e. The van der Waals surface area contributed by atoms with Gasteiger partial charge in [0.05, 0.1) is 0 Å². The Bertz CT molecular complexity index is 641. The molecule has 0 spiro atoms. The fraction of sp³-hybridized carbons (Fsp3) is 0.294. The lowest BCUT2D eigenvalue weighted by atomic mass is 10.1. The van der Waals surface area contributed by atoms with Gasteiger partial charge in [-0.15, -0.1) is 0 Å².